The van der Waals surface area contributed by atoms with Crippen molar-refractivity contribution in [3.05, 3.63) is 24.3 Å². The number of carbonyl (C=O) groups is 1. The van der Waals surface area contributed by atoms with E-state index in [2.05, 4.69) is 10.0 Å². The van der Waals surface area contributed by atoms with Gasteiger partial charge in [-0.05, 0) is 51.8 Å². The largest absolute Gasteiger partial charge is 0.326 e. The van der Waals surface area contributed by atoms with Crippen LogP contribution in [0, 0.1) is 5.92 Å². The van der Waals surface area contributed by atoms with E-state index in [9.17, 15) is 13.2 Å². The fraction of sp³-hybridized carbons (Fsp3) is 0.533. The first kappa shape index (κ1) is 16.0. The predicted molar refractivity (Wildman–Crippen MR) is 82.5 cm³/mol. The summed E-state index contributed by atoms with van der Waals surface area (Å²) in [4.78, 5) is 12.1. The van der Waals surface area contributed by atoms with E-state index in [1.54, 1.807) is 32.9 Å². The molecule has 2 N–H and O–H groups in total. The van der Waals surface area contributed by atoms with Gasteiger partial charge in [0.15, 0.2) is 0 Å². The Morgan fingerprint density at radius 3 is 2.43 bits per heavy atom. The van der Waals surface area contributed by atoms with Gasteiger partial charge in [-0.25, -0.2) is 13.1 Å². The Morgan fingerprint density at radius 1 is 1.24 bits per heavy atom. The summed E-state index contributed by atoms with van der Waals surface area (Å²) in [5.41, 5.74) is -0.0343. The first-order valence-corrected chi connectivity index (χ1v) is 8.61. The standard InChI is InChI=1S/C15H22N2O3S/c1-15(2,3)17-21(19,20)13-9-5-8-12(10-13)16-14(18)11-6-4-7-11/h5,8-11,17H,4,6-7H2,1-3H3,(H,16,18). The van der Waals surface area contributed by atoms with Gasteiger partial charge in [0.2, 0.25) is 15.9 Å². The highest BCUT2D eigenvalue weighted by Gasteiger charge is 2.26. The Labute approximate surface area is 126 Å². The smallest absolute Gasteiger partial charge is 0.241 e. The summed E-state index contributed by atoms with van der Waals surface area (Å²) in [5, 5.41) is 2.79. The number of rotatable bonds is 4. The van der Waals surface area contributed by atoms with E-state index in [0.717, 1.165) is 19.3 Å². The third-order valence-corrected chi connectivity index (χ3v) is 5.08. The van der Waals surface area contributed by atoms with Gasteiger partial charge in [0.1, 0.15) is 0 Å². The van der Waals surface area contributed by atoms with Crippen LogP contribution in [0.4, 0.5) is 5.69 Å². The van der Waals surface area contributed by atoms with Gasteiger partial charge in [-0.1, -0.05) is 12.5 Å². The average molecular weight is 310 g/mol. The number of sulfonamides is 1. The van der Waals surface area contributed by atoms with Crippen molar-refractivity contribution in [1.82, 2.24) is 4.72 Å². The van der Waals surface area contributed by atoms with Crippen molar-refractivity contribution in [2.75, 3.05) is 5.32 Å². The summed E-state index contributed by atoms with van der Waals surface area (Å²) in [6.45, 7) is 5.35. The molecule has 1 aliphatic carbocycles. The van der Waals surface area contributed by atoms with Crippen LogP contribution < -0.4 is 10.0 Å². The number of hydrogen-bond acceptors (Lipinski definition) is 3. The van der Waals surface area contributed by atoms with Crippen LogP contribution in [0.2, 0.25) is 0 Å². The molecule has 1 aliphatic rings. The second-order valence-corrected chi connectivity index (χ2v) is 8.18. The lowest BCUT2D eigenvalue weighted by molar-refractivity contribution is -0.122. The SMILES string of the molecule is CC(C)(C)NS(=O)(=O)c1cccc(NC(=O)C2CCC2)c1. The molecule has 5 nitrogen and oxygen atoms in total. The number of hydrogen-bond donors (Lipinski definition) is 2. The molecule has 1 aromatic carbocycles. The van der Waals surface area contributed by atoms with Crippen LogP contribution in [0.3, 0.4) is 0 Å². The normalized spacial score (nSPS) is 16.3. The van der Waals surface area contributed by atoms with Crippen molar-refractivity contribution in [3.63, 3.8) is 0 Å². The minimum Gasteiger partial charge on any atom is -0.326 e. The maximum absolute atomic E-state index is 12.3. The van der Waals surface area contributed by atoms with E-state index in [4.69, 9.17) is 0 Å². The van der Waals surface area contributed by atoms with Crippen molar-refractivity contribution in [2.45, 2.75) is 50.5 Å². The molecule has 0 bridgehead atoms. The van der Waals surface area contributed by atoms with Crippen LogP contribution in [0.1, 0.15) is 40.0 Å². The highest BCUT2D eigenvalue weighted by molar-refractivity contribution is 7.89. The lowest BCUT2D eigenvalue weighted by atomic mass is 9.85. The first-order chi connectivity index (χ1) is 9.67. The molecule has 1 fully saturated rings. The zero-order valence-electron chi connectivity index (χ0n) is 12.6. The molecule has 0 radical (unpaired) electrons. The fourth-order valence-corrected chi connectivity index (χ4v) is 3.58. The van der Waals surface area contributed by atoms with Crippen LogP contribution in [0.5, 0.6) is 0 Å². The topological polar surface area (TPSA) is 75.3 Å². The molecule has 0 atom stereocenters. The Balaban J connectivity index is 2.15. The summed E-state index contributed by atoms with van der Waals surface area (Å²) in [5.74, 6) is 0.0394. The van der Waals surface area contributed by atoms with E-state index in [-0.39, 0.29) is 16.7 Å². The summed E-state index contributed by atoms with van der Waals surface area (Å²) in [7, 11) is -3.59. The van der Waals surface area contributed by atoms with Gasteiger partial charge in [0, 0.05) is 17.1 Å². The fourth-order valence-electron chi connectivity index (χ4n) is 2.12. The molecule has 0 aliphatic heterocycles. The molecule has 0 spiro atoms. The molecular formula is C15H22N2O3S. The number of amides is 1. The Hall–Kier alpha value is -1.40. The van der Waals surface area contributed by atoms with Crippen molar-refractivity contribution < 1.29 is 13.2 Å². The predicted octanol–water partition coefficient (Wildman–Crippen LogP) is 2.50. The summed E-state index contributed by atoms with van der Waals surface area (Å²) in [6.07, 6.45) is 2.91. The van der Waals surface area contributed by atoms with Gasteiger partial charge in [0.05, 0.1) is 4.90 Å². The molecule has 2 rings (SSSR count). The second-order valence-electron chi connectivity index (χ2n) is 6.50. The Bertz CT molecular complexity index is 629. The van der Waals surface area contributed by atoms with Crippen LogP contribution in [0.25, 0.3) is 0 Å². The minimum absolute atomic E-state index is 0.0282. The van der Waals surface area contributed by atoms with E-state index in [1.165, 1.54) is 12.1 Å². The van der Waals surface area contributed by atoms with Crippen LogP contribution in [-0.4, -0.2) is 19.9 Å². The quantitative estimate of drug-likeness (QED) is 0.897. The number of benzene rings is 1. The molecule has 6 heteroatoms. The minimum atomic E-state index is -3.59. The van der Waals surface area contributed by atoms with Crippen molar-refractivity contribution in [3.8, 4) is 0 Å². The van der Waals surface area contributed by atoms with Crippen LogP contribution in [0.15, 0.2) is 29.2 Å². The van der Waals surface area contributed by atoms with Crippen LogP contribution in [-0.2, 0) is 14.8 Å². The maximum Gasteiger partial charge on any atom is 0.241 e. The molecule has 0 heterocycles. The van der Waals surface area contributed by atoms with E-state index < -0.39 is 15.6 Å². The maximum atomic E-state index is 12.3. The van der Waals surface area contributed by atoms with Gasteiger partial charge in [-0.2, -0.15) is 0 Å². The van der Waals surface area contributed by atoms with Crippen molar-refractivity contribution in [1.29, 1.82) is 0 Å². The van der Waals surface area contributed by atoms with Crippen molar-refractivity contribution in [2.24, 2.45) is 5.92 Å². The number of nitrogens with one attached hydrogen (secondary N) is 2. The average Bonchev–Trinajstić information content (AvgIpc) is 2.23. The van der Waals surface area contributed by atoms with Gasteiger partial charge >= 0.3 is 0 Å². The van der Waals surface area contributed by atoms with Gasteiger partial charge in [-0.3, -0.25) is 4.79 Å². The van der Waals surface area contributed by atoms with Gasteiger partial charge < -0.3 is 5.32 Å². The molecule has 0 aromatic heterocycles. The molecule has 1 saturated carbocycles. The van der Waals surface area contributed by atoms with Crippen LogP contribution >= 0.6 is 0 Å². The van der Waals surface area contributed by atoms with Gasteiger partial charge in [-0.15, -0.1) is 0 Å². The monoisotopic (exact) mass is 310 g/mol. The zero-order valence-corrected chi connectivity index (χ0v) is 13.5. The summed E-state index contributed by atoms with van der Waals surface area (Å²) >= 11 is 0. The number of carbonyl (C=O) groups excluding carboxylic acids is 1. The Kier molecular flexibility index (Phi) is 4.39. The highest BCUT2D eigenvalue weighted by atomic mass is 32.2. The third kappa shape index (κ3) is 4.28. The van der Waals surface area contributed by atoms with E-state index >= 15 is 0 Å². The number of anilines is 1. The molecule has 0 unspecified atom stereocenters. The third-order valence-electron chi connectivity index (χ3n) is 3.33. The molecule has 0 saturated heterocycles. The van der Waals surface area contributed by atoms with E-state index in [0.29, 0.717) is 5.69 Å². The molecule has 1 amide bonds. The molecule has 21 heavy (non-hydrogen) atoms. The lowest BCUT2D eigenvalue weighted by Gasteiger charge is -2.24. The molecule has 1 aromatic rings. The molecule has 116 valence electrons. The summed E-state index contributed by atoms with van der Waals surface area (Å²) < 4.78 is 27.1. The zero-order chi connectivity index (χ0) is 15.7. The van der Waals surface area contributed by atoms with Crippen molar-refractivity contribution >= 4 is 21.6 Å². The molecular weight excluding hydrogens is 288 g/mol. The highest BCUT2D eigenvalue weighted by Crippen LogP contribution is 2.28. The van der Waals surface area contributed by atoms with Gasteiger partial charge in [0.25, 0.3) is 0 Å². The Morgan fingerprint density at radius 2 is 1.90 bits per heavy atom. The van der Waals surface area contributed by atoms with E-state index in [1.807, 2.05) is 0 Å². The first-order valence-electron chi connectivity index (χ1n) is 7.12. The summed E-state index contributed by atoms with van der Waals surface area (Å²) in [6, 6.07) is 6.35. The lowest BCUT2D eigenvalue weighted by Crippen LogP contribution is -2.40. The second kappa shape index (κ2) is 5.77.